The Balaban J connectivity index is 1.51. The molecule has 9 heteroatoms. The highest BCUT2D eigenvalue weighted by atomic mass is 32.1. The van der Waals surface area contributed by atoms with Crippen molar-refractivity contribution in [2.24, 2.45) is 0 Å². The zero-order chi connectivity index (χ0) is 23.5. The van der Waals surface area contributed by atoms with Crippen molar-refractivity contribution in [3.05, 3.63) is 40.0 Å². The van der Waals surface area contributed by atoms with E-state index in [4.69, 9.17) is 14.5 Å². The van der Waals surface area contributed by atoms with Gasteiger partial charge in [-0.1, -0.05) is 6.07 Å². The first-order chi connectivity index (χ1) is 15.9. The van der Waals surface area contributed by atoms with Crippen LogP contribution in [0.1, 0.15) is 26.6 Å². The number of aryl methyl sites for hydroxylation is 2. The Morgan fingerprint density at radius 2 is 1.82 bits per heavy atom. The molecule has 8 nitrogen and oxygen atoms in total. The van der Waals surface area contributed by atoms with Crippen LogP contribution in [-0.4, -0.2) is 74.8 Å². The molecule has 3 aromatic rings. The molecule has 4 rings (SSSR count). The first-order valence-electron chi connectivity index (χ1n) is 11.1. The van der Waals surface area contributed by atoms with Crippen molar-refractivity contribution >= 4 is 33.3 Å². The van der Waals surface area contributed by atoms with Gasteiger partial charge in [0, 0.05) is 32.7 Å². The van der Waals surface area contributed by atoms with Gasteiger partial charge in [-0.15, -0.1) is 11.3 Å². The lowest BCUT2D eigenvalue weighted by atomic mass is 10.1. The maximum atomic E-state index is 13.1. The highest BCUT2D eigenvalue weighted by Crippen LogP contribution is 2.36. The third-order valence-electron chi connectivity index (χ3n) is 6.04. The number of hydrogen-bond donors (Lipinski definition) is 1. The van der Waals surface area contributed by atoms with Gasteiger partial charge >= 0.3 is 0 Å². The van der Waals surface area contributed by atoms with Gasteiger partial charge in [-0.05, 0) is 50.6 Å². The minimum Gasteiger partial charge on any atom is -0.493 e. The zero-order valence-corrected chi connectivity index (χ0v) is 20.7. The summed E-state index contributed by atoms with van der Waals surface area (Å²) in [5.74, 6) is 2.99. The predicted octanol–water partition coefficient (Wildman–Crippen LogP) is 3.05. The number of methoxy groups -OCH3 is 2. The topological polar surface area (TPSA) is 79.8 Å². The third kappa shape index (κ3) is 4.89. The Bertz CT molecular complexity index is 1150. The van der Waals surface area contributed by atoms with E-state index < -0.39 is 0 Å². The van der Waals surface area contributed by atoms with Gasteiger partial charge in [-0.25, -0.2) is 9.97 Å². The summed E-state index contributed by atoms with van der Waals surface area (Å²) in [5.41, 5.74) is 2.02. The van der Waals surface area contributed by atoms with Crippen LogP contribution < -0.4 is 19.7 Å². The normalized spacial score (nSPS) is 14.5. The van der Waals surface area contributed by atoms with Crippen molar-refractivity contribution in [1.82, 2.24) is 20.2 Å². The number of hydrogen-bond acceptors (Lipinski definition) is 8. The van der Waals surface area contributed by atoms with Crippen LogP contribution in [-0.2, 0) is 6.42 Å². The average Bonchev–Trinajstić information content (AvgIpc) is 3.15. The van der Waals surface area contributed by atoms with Gasteiger partial charge in [0.05, 0.1) is 24.5 Å². The molecule has 1 aromatic carbocycles. The number of nitrogens with zero attached hydrogens (tertiary/aromatic N) is 4. The highest BCUT2D eigenvalue weighted by molar-refractivity contribution is 7.20. The van der Waals surface area contributed by atoms with Crippen LogP contribution >= 0.6 is 11.3 Å². The van der Waals surface area contributed by atoms with E-state index >= 15 is 0 Å². The molecule has 1 saturated heterocycles. The van der Waals surface area contributed by atoms with Crippen LogP contribution in [0.15, 0.2) is 18.2 Å². The fraction of sp³-hybridized carbons (Fsp3) is 0.458. The minimum atomic E-state index is -0.0713. The van der Waals surface area contributed by atoms with E-state index in [-0.39, 0.29) is 5.91 Å². The number of piperazine rings is 1. The second-order valence-corrected chi connectivity index (χ2v) is 9.32. The molecule has 0 bridgehead atoms. The van der Waals surface area contributed by atoms with Crippen molar-refractivity contribution in [2.75, 3.05) is 58.9 Å². The fourth-order valence-corrected chi connectivity index (χ4v) is 5.26. The molecule has 1 N–H and O–H groups in total. The summed E-state index contributed by atoms with van der Waals surface area (Å²) >= 11 is 1.45. The number of aromatic nitrogens is 2. The third-order valence-corrected chi connectivity index (χ3v) is 7.22. The molecule has 3 heterocycles. The molecule has 1 aliphatic rings. The number of amides is 1. The van der Waals surface area contributed by atoms with Crippen molar-refractivity contribution in [3.63, 3.8) is 0 Å². The Morgan fingerprint density at radius 3 is 2.52 bits per heavy atom. The van der Waals surface area contributed by atoms with Crippen LogP contribution in [0, 0.1) is 13.8 Å². The molecular formula is C24H31N5O3S. The van der Waals surface area contributed by atoms with E-state index in [9.17, 15) is 4.79 Å². The number of rotatable bonds is 7. The molecule has 0 radical (unpaired) electrons. The van der Waals surface area contributed by atoms with Crippen LogP contribution in [0.5, 0.6) is 11.5 Å². The average molecular weight is 470 g/mol. The van der Waals surface area contributed by atoms with Crippen LogP contribution in [0.2, 0.25) is 0 Å². The van der Waals surface area contributed by atoms with Crippen molar-refractivity contribution < 1.29 is 14.3 Å². The molecule has 176 valence electrons. The summed E-state index contributed by atoms with van der Waals surface area (Å²) in [6.07, 6.45) is 0.696. The molecule has 1 aliphatic heterocycles. The largest absolute Gasteiger partial charge is 0.493 e. The number of benzene rings is 1. The second-order valence-electron chi connectivity index (χ2n) is 8.32. The molecule has 0 spiro atoms. The summed E-state index contributed by atoms with van der Waals surface area (Å²) in [6.45, 7) is 8.28. The molecule has 0 saturated carbocycles. The maximum absolute atomic E-state index is 13.1. The van der Waals surface area contributed by atoms with Crippen molar-refractivity contribution in [3.8, 4) is 11.5 Å². The van der Waals surface area contributed by atoms with Crippen LogP contribution in [0.3, 0.4) is 0 Å². The fourth-order valence-electron chi connectivity index (χ4n) is 4.12. The molecule has 2 aromatic heterocycles. The minimum absolute atomic E-state index is 0.0713. The quantitative estimate of drug-likeness (QED) is 0.570. The molecule has 0 atom stereocenters. The Morgan fingerprint density at radius 1 is 1.09 bits per heavy atom. The van der Waals surface area contributed by atoms with Gasteiger partial charge in [0.25, 0.3) is 5.91 Å². The number of ether oxygens (including phenoxy) is 2. The van der Waals surface area contributed by atoms with Gasteiger partial charge < -0.3 is 24.6 Å². The van der Waals surface area contributed by atoms with E-state index in [1.165, 1.54) is 11.3 Å². The summed E-state index contributed by atoms with van der Waals surface area (Å²) in [6, 6.07) is 5.81. The van der Waals surface area contributed by atoms with Gasteiger partial charge in [0.2, 0.25) is 0 Å². The van der Waals surface area contributed by atoms with E-state index in [2.05, 4.69) is 27.1 Å². The van der Waals surface area contributed by atoms with Gasteiger partial charge in [-0.3, -0.25) is 4.79 Å². The summed E-state index contributed by atoms with van der Waals surface area (Å²) < 4.78 is 10.7. The summed E-state index contributed by atoms with van der Waals surface area (Å²) in [4.78, 5) is 28.7. The van der Waals surface area contributed by atoms with E-state index in [0.29, 0.717) is 29.3 Å². The van der Waals surface area contributed by atoms with Gasteiger partial charge in [0.15, 0.2) is 11.5 Å². The molecule has 0 aliphatic carbocycles. The first-order valence-corrected chi connectivity index (χ1v) is 11.9. The van der Waals surface area contributed by atoms with Crippen LogP contribution in [0.25, 0.3) is 10.2 Å². The van der Waals surface area contributed by atoms with Crippen LogP contribution in [0.4, 0.5) is 5.82 Å². The zero-order valence-electron chi connectivity index (χ0n) is 19.9. The number of thiophene rings is 1. The molecular weight excluding hydrogens is 438 g/mol. The smallest absolute Gasteiger partial charge is 0.261 e. The van der Waals surface area contributed by atoms with E-state index in [0.717, 1.165) is 59.2 Å². The predicted molar refractivity (Wildman–Crippen MR) is 132 cm³/mol. The van der Waals surface area contributed by atoms with Gasteiger partial charge in [-0.2, -0.15) is 0 Å². The lowest BCUT2D eigenvalue weighted by Gasteiger charge is -2.33. The molecule has 1 amide bonds. The number of carbonyl (C=O) groups is 1. The van der Waals surface area contributed by atoms with Crippen molar-refractivity contribution in [1.29, 1.82) is 0 Å². The first kappa shape index (κ1) is 23.3. The van der Waals surface area contributed by atoms with E-state index in [1.54, 1.807) is 14.2 Å². The maximum Gasteiger partial charge on any atom is 0.261 e. The lowest BCUT2D eigenvalue weighted by Crippen LogP contribution is -2.45. The Kier molecular flexibility index (Phi) is 6.99. The lowest BCUT2D eigenvalue weighted by molar-refractivity contribution is 0.0957. The number of nitrogens with one attached hydrogen (secondary N) is 1. The highest BCUT2D eigenvalue weighted by Gasteiger charge is 2.24. The number of likely N-dealkylation sites (N-methyl/N-ethyl adjacent to an activating group) is 1. The molecule has 1 fully saturated rings. The monoisotopic (exact) mass is 469 g/mol. The SMILES string of the molecule is COc1ccc(CCNC(=O)c2sc3nc(C)nc(N4CCN(C)CC4)c3c2C)cc1OC. The summed E-state index contributed by atoms with van der Waals surface area (Å²) in [7, 11) is 5.37. The standard InChI is InChI=1S/C24H31N5O3S/c1-15-20-22(29-12-10-28(3)11-13-29)26-16(2)27-24(20)33-21(15)23(30)25-9-8-17-6-7-18(31-4)19(14-17)32-5/h6-7,14H,8-13H2,1-5H3,(H,25,30). The number of anilines is 1. The molecule has 0 unspecified atom stereocenters. The summed E-state index contributed by atoms with van der Waals surface area (Å²) in [5, 5.41) is 4.07. The Labute approximate surface area is 198 Å². The number of fused-ring (bicyclic) bond motifs is 1. The number of carbonyl (C=O) groups excluding carboxylic acids is 1. The Hall–Kier alpha value is -2.91. The van der Waals surface area contributed by atoms with Gasteiger partial charge in [0.1, 0.15) is 16.5 Å². The van der Waals surface area contributed by atoms with Crippen molar-refractivity contribution in [2.45, 2.75) is 20.3 Å². The molecule has 33 heavy (non-hydrogen) atoms. The van der Waals surface area contributed by atoms with E-state index in [1.807, 2.05) is 32.0 Å². The second kappa shape index (κ2) is 9.93.